The molecule has 3 N–H and O–H groups in total. The number of hydrogen-bond donors (Lipinski definition) is 2. The lowest BCUT2D eigenvalue weighted by Gasteiger charge is -2.23. The van der Waals surface area contributed by atoms with E-state index in [9.17, 15) is 8.42 Å². The molecule has 1 unspecified atom stereocenters. The average molecular weight is 268 g/mol. The molecule has 1 aromatic carbocycles. The Hall–Kier alpha value is -1.07. The first-order chi connectivity index (χ1) is 8.21. The number of sulfonamides is 1. The van der Waals surface area contributed by atoms with Crippen LogP contribution in [0.2, 0.25) is 0 Å². The van der Waals surface area contributed by atoms with E-state index in [-0.39, 0.29) is 6.04 Å². The summed E-state index contributed by atoms with van der Waals surface area (Å²) in [5, 5.41) is 0. The predicted octanol–water partition coefficient (Wildman–Crippen LogP) is 1.97. The van der Waals surface area contributed by atoms with Gasteiger partial charge in [0.15, 0.2) is 0 Å². The third kappa shape index (κ3) is 2.37. The number of fused-ring (bicyclic) bond motifs is 1. The first kappa shape index (κ1) is 13.4. The molecule has 0 aliphatic heterocycles. The summed E-state index contributed by atoms with van der Waals surface area (Å²) in [4.78, 5) is 0. The smallest absolute Gasteiger partial charge is 0.217 e. The van der Waals surface area contributed by atoms with E-state index in [0.717, 1.165) is 29.7 Å². The lowest BCUT2D eigenvalue weighted by Crippen LogP contribution is -2.40. The van der Waals surface area contributed by atoms with Crippen LogP contribution in [0.3, 0.4) is 0 Å². The number of anilines is 1. The topological polar surface area (TPSA) is 72.2 Å². The van der Waals surface area contributed by atoms with Crippen LogP contribution >= 0.6 is 0 Å². The Balaban J connectivity index is 2.26. The van der Waals surface area contributed by atoms with E-state index >= 15 is 0 Å². The molecule has 1 atom stereocenters. The highest BCUT2D eigenvalue weighted by atomic mass is 32.2. The lowest BCUT2D eigenvalue weighted by molar-refractivity contribution is 0.522. The number of rotatable bonds is 2. The van der Waals surface area contributed by atoms with Crippen LogP contribution in [0.15, 0.2) is 18.2 Å². The Morgan fingerprint density at radius 1 is 1.33 bits per heavy atom. The number of nitrogen functional groups attached to an aromatic ring is 1. The highest BCUT2D eigenvalue weighted by Crippen LogP contribution is 2.33. The van der Waals surface area contributed by atoms with Gasteiger partial charge >= 0.3 is 0 Å². The van der Waals surface area contributed by atoms with Gasteiger partial charge in [0.25, 0.3) is 0 Å². The molecule has 0 saturated heterocycles. The maximum atomic E-state index is 12.1. The van der Waals surface area contributed by atoms with Gasteiger partial charge in [-0.3, -0.25) is 0 Å². The first-order valence-electron chi connectivity index (χ1n) is 6.11. The number of nitrogens with two attached hydrogens (primary N) is 1. The van der Waals surface area contributed by atoms with E-state index in [1.165, 1.54) is 0 Å². The lowest BCUT2D eigenvalue weighted by atomic mass is 10.1. The number of hydrogen-bond acceptors (Lipinski definition) is 3. The third-order valence-corrected chi connectivity index (χ3v) is 5.56. The normalized spacial score (nSPS) is 19.8. The minimum absolute atomic E-state index is 0.121. The van der Waals surface area contributed by atoms with Gasteiger partial charge in [-0.25, -0.2) is 13.1 Å². The molecular weight excluding hydrogens is 248 g/mol. The molecule has 1 aliphatic rings. The van der Waals surface area contributed by atoms with Crippen molar-refractivity contribution in [2.24, 2.45) is 0 Å². The van der Waals surface area contributed by atoms with Crippen molar-refractivity contribution in [2.45, 2.75) is 44.4 Å². The SMILES string of the molecule is CC(C)(C)S(=O)(=O)NC1CCc2cc(N)ccc21. The zero-order valence-corrected chi connectivity index (χ0v) is 11.8. The van der Waals surface area contributed by atoms with Crippen molar-refractivity contribution in [3.05, 3.63) is 29.3 Å². The van der Waals surface area contributed by atoms with E-state index in [2.05, 4.69) is 4.72 Å². The molecule has 0 radical (unpaired) electrons. The third-order valence-electron chi connectivity index (χ3n) is 3.35. The minimum atomic E-state index is -3.32. The van der Waals surface area contributed by atoms with Gasteiger partial charge in [0, 0.05) is 11.7 Å². The summed E-state index contributed by atoms with van der Waals surface area (Å²) in [5.74, 6) is 0. The molecule has 0 heterocycles. The molecule has 100 valence electrons. The minimum Gasteiger partial charge on any atom is -0.399 e. The maximum absolute atomic E-state index is 12.1. The van der Waals surface area contributed by atoms with E-state index in [4.69, 9.17) is 5.73 Å². The van der Waals surface area contributed by atoms with Gasteiger partial charge in [0.2, 0.25) is 10.0 Å². The standard InChI is InChI=1S/C13H20N2O2S/c1-13(2,3)18(16,17)15-12-7-4-9-8-10(14)5-6-11(9)12/h5-6,8,12,15H,4,7,14H2,1-3H3. The molecule has 5 heteroatoms. The molecule has 2 rings (SSSR count). The second-order valence-electron chi connectivity index (χ2n) is 5.78. The van der Waals surface area contributed by atoms with Gasteiger partial charge in [0.1, 0.15) is 0 Å². The van der Waals surface area contributed by atoms with E-state index < -0.39 is 14.8 Å². The monoisotopic (exact) mass is 268 g/mol. The molecule has 4 nitrogen and oxygen atoms in total. The van der Waals surface area contributed by atoms with Gasteiger partial charge in [-0.05, 0) is 56.9 Å². The fraction of sp³-hybridized carbons (Fsp3) is 0.538. The maximum Gasteiger partial charge on any atom is 0.217 e. The van der Waals surface area contributed by atoms with Gasteiger partial charge in [-0.15, -0.1) is 0 Å². The first-order valence-corrected chi connectivity index (χ1v) is 7.59. The van der Waals surface area contributed by atoms with E-state index in [1.807, 2.05) is 18.2 Å². The largest absolute Gasteiger partial charge is 0.399 e. The Bertz CT molecular complexity index is 559. The highest BCUT2D eigenvalue weighted by molar-refractivity contribution is 7.90. The Morgan fingerprint density at radius 2 is 2.00 bits per heavy atom. The van der Waals surface area contributed by atoms with E-state index in [0.29, 0.717) is 0 Å². The van der Waals surface area contributed by atoms with Crippen LogP contribution in [-0.2, 0) is 16.4 Å². The van der Waals surface area contributed by atoms with E-state index in [1.54, 1.807) is 20.8 Å². The fourth-order valence-corrected chi connectivity index (χ4v) is 3.10. The number of aryl methyl sites for hydroxylation is 1. The molecule has 0 saturated carbocycles. The van der Waals surface area contributed by atoms with Crippen molar-refractivity contribution < 1.29 is 8.42 Å². The van der Waals surface area contributed by atoms with Crippen molar-refractivity contribution in [3.63, 3.8) is 0 Å². The molecule has 1 aliphatic carbocycles. The van der Waals surface area contributed by atoms with Gasteiger partial charge in [-0.1, -0.05) is 6.07 Å². The summed E-state index contributed by atoms with van der Waals surface area (Å²) >= 11 is 0. The summed E-state index contributed by atoms with van der Waals surface area (Å²) in [6, 6.07) is 5.56. The quantitative estimate of drug-likeness (QED) is 0.806. The molecule has 1 aromatic rings. The Morgan fingerprint density at radius 3 is 2.61 bits per heavy atom. The molecule has 18 heavy (non-hydrogen) atoms. The van der Waals surface area contributed by atoms with Gasteiger partial charge in [-0.2, -0.15) is 0 Å². The number of benzene rings is 1. The molecule has 0 amide bonds. The summed E-state index contributed by atoms with van der Waals surface area (Å²) in [5.41, 5.74) is 8.67. The molecule has 0 spiro atoms. The zero-order valence-electron chi connectivity index (χ0n) is 11.0. The van der Waals surface area contributed by atoms with Crippen molar-refractivity contribution >= 4 is 15.7 Å². The van der Waals surface area contributed by atoms with Crippen molar-refractivity contribution in [1.29, 1.82) is 0 Å². The fourth-order valence-electron chi connectivity index (χ4n) is 2.12. The van der Waals surface area contributed by atoms with Gasteiger partial charge < -0.3 is 5.73 Å². The van der Waals surface area contributed by atoms with Crippen LogP contribution in [-0.4, -0.2) is 13.2 Å². The summed E-state index contributed by atoms with van der Waals surface area (Å²) in [7, 11) is -3.32. The van der Waals surface area contributed by atoms with Crippen LogP contribution in [0.5, 0.6) is 0 Å². The predicted molar refractivity (Wildman–Crippen MR) is 73.7 cm³/mol. The van der Waals surface area contributed by atoms with Crippen molar-refractivity contribution in [2.75, 3.05) is 5.73 Å². The van der Waals surface area contributed by atoms with Crippen molar-refractivity contribution in [1.82, 2.24) is 4.72 Å². The second-order valence-corrected chi connectivity index (χ2v) is 8.25. The van der Waals surface area contributed by atoms with Crippen LogP contribution in [0, 0.1) is 0 Å². The van der Waals surface area contributed by atoms with Crippen LogP contribution in [0.1, 0.15) is 44.4 Å². The summed E-state index contributed by atoms with van der Waals surface area (Å²) in [6.45, 7) is 5.11. The van der Waals surface area contributed by atoms with Crippen LogP contribution in [0.25, 0.3) is 0 Å². The molecule has 0 bridgehead atoms. The van der Waals surface area contributed by atoms with Gasteiger partial charge in [0.05, 0.1) is 4.75 Å². The average Bonchev–Trinajstić information content (AvgIpc) is 2.58. The summed E-state index contributed by atoms with van der Waals surface area (Å²) < 4.78 is 26.3. The molecular formula is C13H20N2O2S. The molecule has 0 fully saturated rings. The summed E-state index contributed by atoms with van der Waals surface area (Å²) in [6.07, 6.45) is 1.67. The number of nitrogens with one attached hydrogen (secondary N) is 1. The Kier molecular flexibility index (Phi) is 3.15. The van der Waals surface area contributed by atoms with Crippen LogP contribution in [0.4, 0.5) is 5.69 Å². The second kappa shape index (κ2) is 4.24. The highest BCUT2D eigenvalue weighted by Gasteiger charge is 2.33. The van der Waals surface area contributed by atoms with Crippen LogP contribution < -0.4 is 10.5 Å². The zero-order chi connectivity index (χ0) is 13.6. The Labute approximate surface area is 109 Å². The molecule has 0 aromatic heterocycles. The van der Waals surface area contributed by atoms with Crippen molar-refractivity contribution in [3.8, 4) is 0 Å².